The van der Waals surface area contributed by atoms with Crippen LogP contribution in [0.1, 0.15) is 5.56 Å². The average molecular weight is 524 g/mol. The highest BCUT2D eigenvalue weighted by Gasteiger charge is 2.25. The molecule has 0 aliphatic rings. The second-order valence-electron chi connectivity index (χ2n) is 10.4. The minimum Gasteiger partial charge on any atom is -0.454 e. The van der Waals surface area contributed by atoms with Gasteiger partial charge in [-0.25, -0.2) is 0 Å². The van der Waals surface area contributed by atoms with Crippen molar-refractivity contribution in [2.75, 3.05) is 0 Å². The zero-order chi connectivity index (χ0) is 27.1. The Morgan fingerprint density at radius 2 is 0.902 bits per heavy atom. The van der Waals surface area contributed by atoms with Crippen LogP contribution in [0, 0.1) is 11.3 Å². The van der Waals surface area contributed by atoms with Gasteiger partial charge in [-0.15, -0.1) is 0 Å². The Labute approximate surface area is 234 Å². The molecule has 0 amide bonds. The van der Waals surface area contributed by atoms with Crippen LogP contribution in [0.3, 0.4) is 0 Å². The van der Waals surface area contributed by atoms with Gasteiger partial charge in [-0.05, 0) is 36.4 Å². The number of rotatable bonds is 2. The SMILES string of the molecule is N#Cc1c(-n2c3ccccc3c3ccccc32)cc(-n2c3ccccc3c3ccccc32)c2c1oc1ccccc12. The lowest BCUT2D eigenvalue weighted by atomic mass is 10.0. The highest BCUT2D eigenvalue weighted by atomic mass is 16.3. The van der Waals surface area contributed by atoms with Crippen LogP contribution < -0.4 is 0 Å². The zero-order valence-electron chi connectivity index (χ0n) is 21.9. The summed E-state index contributed by atoms with van der Waals surface area (Å²) in [5.41, 5.74) is 7.99. The maximum Gasteiger partial charge on any atom is 0.157 e. The van der Waals surface area contributed by atoms with Gasteiger partial charge >= 0.3 is 0 Å². The molecule has 0 radical (unpaired) electrons. The van der Waals surface area contributed by atoms with Gasteiger partial charge in [0.2, 0.25) is 0 Å². The highest BCUT2D eigenvalue weighted by molar-refractivity contribution is 6.17. The fourth-order valence-corrected chi connectivity index (χ4v) is 6.69. The van der Waals surface area contributed by atoms with Crippen LogP contribution in [0.4, 0.5) is 0 Å². The van der Waals surface area contributed by atoms with Gasteiger partial charge in [0.25, 0.3) is 0 Å². The normalized spacial score (nSPS) is 11.9. The lowest BCUT2D eigenvalue weighted by Gasteiger charge is -2.16. The minimum absolute atomic E-state index is 0.521. The Bertz CT molecular complexity index is 2450. The first-order valence-corrected chi connectivity index (χ1v) is 13.7. The van der Waals surface area contributed by atoms with E-state index in [1.807, 2.05) is 18.2 Å². The van der Waals surface area contributed by atoms with Crippen molar-refractivity contribution in [2.45, 2.75) is 0 Å². The first-order valence-electron chi connectivity index (χ1n) is 13.7. The summed E-state index contributed by atoms with van der Waals surface area (Å²) in [5, 5.41) is 17.3. The number of furan rings is 1. The molecular formula is C37H21N3O. The Balaban J connectivity index is 1.55. The summed E-state index contributed by atoms with van der Waals surface area (Å²) in [5.74, 6) is 0. The first-order chi connectivity index (χ1) is 20.3. The lowest BCUT2D eigenvalue weighted by molar-refractivity contribution is 0.667. The number of hydrogen-bond donors (Lipinski definition) is 0. The molecular weight excluding hydrogens is 502 g/mol. The third kappa shape index (κ3) is 2.87. The molecule has 190 valence electrons. The van der Waals surface area contributed by atoms with Crippen molar-refractivity contribution in [3.63, 3.8) is 0 Å². The fraction of sp³-hybridized carbons (Fsp3) is 0. The van der Waals surface area contributed by atoms with Crippen LogP contribution in [-0.4, -0.2) is 9.13 Å². The molecule has 3 heterocycles. The number of hydrogen-bond acceptors (Lipinski definition) is 2. The van der Waals surface area contributed by atoms with Crippen LogP contribution in [0.25, 0.3) is 76.9 Å². The van der Waals surface area contributed by atoms with Crippen molar-refractivity contribution in [1.29, 1.82) is 5.26 Å². The summed E-state index contributed by atoms with van der Waals surface area (Å²) >= 11 is 0. The Morgan fingerprint density at radius 3 is 1.39 bits per heavy atom. The van der Waals surface area contributed by atoms with E-state index in [1.54, 1.807) is 0 Å². The summed E-state index contributed by atoms with van der Waals surface area (Å²) in [6.45, 7) is 0. The van der Waals surface area contributed by atoms with Crippen molar-refractivity contribution in [2.24, 2.45) is 0 Å². The molecule has 4 heteroatoms. The molecule has 0 aliphatic heterocycles. The predicted molar refractivity (Wildman–Crippen MR) is 167 cm³/mol. The van der Waals surface area contributed by atoms with Gasteiger partial charge in [-0.1, -0.05) is 91.0 Å². The molecule has 6 aromatic carbocycles. The molecule has 0 atom stereocenters. The predicted octanol–water partition coefficient (Wildman–Crippen LogP) is 9.65. The molecule has 0 N–H and O–H groups in total. The van der Waals surface area contributed by atoms with Gasteiger partial charge in [0.05, 0.1) is 38.8 Å². The van der Waals surface area contributed by atoms with Crippen LogP contribution in [0.15, 0.2) is 132 Å². The van der Waals surface area contributed by atoms with Gasteiger partial charge < -0.3 is 13.6 Å². The Hall–Kier alpha value is -5.79. The van der Waals surface area contributed by atoms with E-state index < -0.39 is 0 Å². The van der Waals surface area contributed by atoms with Gasteiger partial charge in [0, 0.05) is 26.9 Å². The standard InChI is InChI=1S/C37H21N3O/c38-22-28-33(39-29-16-6-1-11-23(29)24-12-2-7-17-30(24)39)21-34(36-27-15-5-10-20-35(27)41-37(28)36)40-31-18-8-3-13-25(31)26-14-4-9-19-32(26)40/h1-21H. The summed E-state index contributed by atoms with van der Waals surface area (Å²) in [6, 6.07) is 46.6. The average Bonchev–Trinajstić information content (AvgIpc) is 3.69. The largest absolute Gasteiger partial charge is 0.454 e. The third-order valence-corrected chi connectivity index (χ3v) is 8.36. The van der Waals surface area contributed by atoms with Gasteiger partial charge in [0.15, 0.2) is 5.58 Å². The van der Waals surface area contributed by atoms with Crippen LogP contribution in [0.5, 0.6) is 0 Å². The van der Waals surface area contributed by atoms with E-state index in [4.69, 9.17) is 4.42 Å². The zero-order valence-corrected chi connectivity index (χ0v) is 21.9. The van der Waals surface area contributed by atoms with E-state index in [0.717, 1.165) is 60.6 Å². The van der Waals surface area contributed by atoms with E-state index >= 15 is 0 Å². The second-order valence-corrected chi connectivity index (χ2v) is 10.4. The number of aromatic nitrogens is 2. The highest BCUT2D eigenvalue weighted by Crippen LogP contribution is 2.43. The number of para-hydroxylation sites is 5. The first kappa shape index (κ1) is 22.1. The molecule has 0 fully saturated rings. The summed E-state index contributed by atoms with van der Waals surface area (Å²) in [7, 11) is 0. The van der Waals surface area contributed by atoms with Crippen LogP contribution in [-0.2, 0) is 0 Å². The van der Waals surface area contributed by atoms with E-state index in [9.17, 15) is 5.26 Å². The Kier molecular flexibility index (Phi) is 4.37. The fourth-order valence-electron chi connectivity index (χ4n) is 6.69. The van der Waals surface area contributed by atoms with E-state index in [1.165, 1.54) is 10.8 Å². The summed E-state index contributed by atoms with van der Waals surface area (Å²) in [6.07, 6.45) is 0. The summed E-state index contributed by atoms with van der Waals surface area (Å²) in [4.78, 5) is 0. The maximum absolute atomic E-state index is 10.7. The molecule has 0 bridgehead atoms. The van der Waals surface area contributed by atoms with Gasteiger partial charge in [0.1, 0.15) is 17.2 Å². The van der Waals surface area contributed by atoms with Crippen molar-refractivity contribution in [3.05, 3.63) is 133 Å². The Morgan fingerprint density at radius 1 is 0.488 bits per heavy atom. The van der Waals surface area contributed by atoms with Crippen LogP contribution >= 0.6 is 0 Å². The lowest BCUT2D eigenvalue weighted by Crippen LogP contribution is -2.02. The van der Waals surface area contributed by atoms with Crippen molar-refractivity contribution >= 4 is 65.6 Å². The number of nitriles is 1. The molecule has 9 rings (SSSR count). The monoisotopic (exact) mass is 523 g/mol. The molecule has 0 saturated heterocycles. The number of nitrogens with zero attached hydrogens (tertiary/aromatic N) is 3. The molecule has 0 unspecified atom stereocenters. The smallest absolute Gasteiger partial charge is 0.157 e. The molecule has 41 heavy (non-hydrogen) atoms. The van der Waals surface area contributed by atoms with Crippen molar-refractivity contribution < 1.29 is 4.42 Å². The quantitative estimate of drug-likeness (QED) is 0.226. The van der Waals surface area contributed by atoms with Crippen molar-refractivity contribution in [1.82, 2.24) is 9.13 Å². The molecule has 0 saturated carbocycles. The van der Waals surface area contributed by atoms with E-state index in [0.29, 0.717) is 11.1 Å². The number of benzene rings is 6. The maximum atomic E-state index is 10.7. The van der Waals surface area contributed by atoms with E-state index in [2.05, 4.69) is 124 Å². The van der Waals surface area contributed by atoms with Gasteiger partial charge in [-0.2, -0.15) is 5.26 Å². The minimum atomic E-state index is 0.521. The van der Waals surface area contributed by atoms with Crippen molar-refractivity contribution in [3.8, 4) is 17.4 Å². The molecule has 0 aliphatic carbocycles. The number of fused-ring (bicyclic) bond motifs is 9. The molecule has 4 nitrogen and oxygen atoms in total. The van der Waals surface area contributed by atoms with Gasteiger partial charge in [-0.3, -0.25) is 0 Å². The van der Waals surface area contributed by atoms with Crippen LogP contribution in [0.2, 0.25) is 0 Å². The molecule has 0 spiro atoms. The molecule has 3 aromatic heterocycles. The third-order valence-electron chi connectivity index (χ3n) is 8.36. The second kappa shape index (κ2) is 8.11. The summed E-state index contributed by atoms with van der Waals surface area (Å²) < 4.78 is 11.1. The molecule has 9 aromatic rings. The topological polar surface area (TPSA) is 46.8 Å². The van der Waals surface area contributed by atoms with E-state index in [-0.39, 0.29) is 0 Å².